The summed E-state index contributed by atoms with van der Waals surface area (Å²) in [6.07, 6.45) is -0.967. The van der Waals surface area contributed by atoms with Gasteiger partial charge in [-0.15, -0.1) is 0 Å². The van der Waals surface area contributed by atoms with E-state index in [4.69, 9.17) is 21.1 Å². The van der Waals surface area contributed by atoms with Crippen molar-refractivity contribution in [2.24, 2.45) is 0 Å². The van der Waals surface area contributed by atoms with Gasteiger partial charge in [-0.25, -0.2) is 4.39 Å². The van der Waals surface area contributed by atoms with Crippen molar-refractivity contribution < 1.29 is 23.6 Å². The number of hydrogen-bond donors (Lipinski definition) is 1. The van der Waals surface area contributed by atoms with E-state index in [0.29, 0.717) is 0 Å². The van der Waals surface area contributed by atoms with E-state index < -0.39 is 22.8 Å². The van der Waals surface area contributed by atoms with Gasteiger partial charge in [-0.2, -0.15) is 0 Å². The van der Waals surface area contributed by atoms with Crippen LogP contribution in [0.15, 0.2) is 36.4 Å². The molecule has 0 heterocycles. The summed E-state index contributed by atoms with van der Waals surface area (Å²) < 4.78 is 23.6. The number of benzene rings is 2. The molecule has 0 saturated heterocycles. The molecule has 1 unspecified atom stereocenters. The van der Waals surface area contributed by atoms with Gasteiger partial charge in [-0.3, -0.25) is 14.9 Å². The van der Waals surface area contributed by atoms with Crippen LogP contribution in [-0.2, 0) is 4.79 Å². The Balaban J connectivity index is 2.13. The predicted octanol–water partition coefficient (Wildman–Crippen LogP) is 3.80. The first-order valence-electron chi connectivity index (χ1n) is 7.07. The molecule has 0 aliphatic carbocycles. The molecule has 0 spiro atoms. The van der Waals surface area contributed by atoms with Crippen LogP contribution in [-0.4, -0.2) is 24.0 Å². The van der Waals surface area contributed by atoms with Gasteiger partial charge in [-0.05, 0) is 25.1 Å². The van der Waals surface area contributed by atoms with E-state index >= 15 is 0 Å². The Morgan fingerprint density at radius 1 is 1.32 bits per heavy atom. The summed E-state index contributed by atoms with van der Waals surface area (Å²) in [6.45, 7) is 1.47. The van der Waals surface area contributed by atoms with Crippen LogP contribution in [0.4, 0.5) is 15.8 Å². The van der Waals surface area contributed by atoms with Crippen molar-refractivity contribution in [3.05, 3.63) is 57.4 Å². The minimum Gasteiger partial charge on any atom is -0.495 e. The first-order valence-corrected chi connectivity index (χ1v) is 7.44. The largest absolute Gasteiger partial charge is 0.495 e. The number of anilines is 1. The van der Waals surface area contributed by atoms with Gasteiger partial charge in [-0.1, -0.05) is 11.6 Å². The molecule has 0 saturated carbocycles. The number of amides is 1. The van der Waals surface area contributed by atoms with Gasteiger partial charge in [0.2, 0.25) is 0 Å². The molecule has 0 aliphatic heterocycles. The lowest BCUT2D eigenvalue weighted by Crippen LogP contribution is -2.30. The van der Waals surface area contributed by atoms with Crippen molar-refractivity contribution >= 4 is 28.9 Å². The second-order valence-electron chi connectivity index (χ2n) is 4.97. The number of methoxy groups -OCH3 is 1. The molecule has 7 nitrogen and oxygen atoms in total. The summed E-state index contributed by atoms with van der Waals surface area (Å²) in [4.78, 5) is 22.5. The van der Waals surface area contributed by atoms with E-state index in [-0.39, 0.29) is 27.9 Å². The van der Waals surface area contributed by atoms with Crippen LogP contribution in [0.3, 0.4) is 0 Å². The third-order valence-electron chi connectivity index (χ3n) is 3.22. The Bertz CT molecular complexity index is 815. The smallest absolute Gasteiger partial charge is 0.271 e. The molecular formula is C16H14ClFN2O5. The Hall–Kier alpha value is -2.87. The Morgan fingerprint density at radius 3 is 2.64 bits per heavy atom. The fourth-order valence-corrected chi connectivity index (χ4v) is 2.12. The number of non-ortho nitro benzene ring substituents is 1. The lowest BCUT2D eigenvalue weighted by atomic mass is 10.2. The zero-order valence-electron chi connectivity index (χ0n) is 13.3. The molecular weight excluding hydrogens is 355 g/mol. The van der Waals surface area contributed by atoms with Crippen molar-refractivity contribution in [1.82, 2.24) is 0 Å². The van der Waals surface area contributed by atoms with Crippen LogP contribution < -0.4 is 14.8 Å². The number of nitro benzene ring substituents is 1. The van der Waals surface area contributed by atoms with Gasteiger partial charge in [0.15, 0.2) is 6.10 Å². The Morgan fingerprint density at radius 2 is 2.04 bits per heavy atom. The highest BCUT2D eigenvalue weighted by atomic mass is 35.5. The molecule has 1 atom stereocenters. The number of nitrogens with one attached hydrogen (secondary N) is 1. The molecule has 1 amide bonds. The van der Waals surface area contributed by atoms with Crippen molar-refractivity contribution in [1.29, 1.82) is 0 Å². The van der Waals surface area contributed by atoms with Gasteiger partial charge >= 0.3 is 0 Å². The summed E-state index contributed by atoms with van der Waals surface area (Å²) in [5, 5.41) is 13.2. The second kappa shape index (κ2) is 7.80. The monoisotopic (exact) mass is 368 g/mol. The molecule has 0 aliphatic rings. The lowest BCUT2D eigenvalue weighted by molar-refractivity contribution is -0.384. The Kier molecular flexibility index (Phi) is 5.76. The molecule has 0 radical (unpaired) electrons. The molecule has 2 aromatic rings. The molecule has 1 N–H and O–H groups in total. The normalized spacial score (nSPS) is 11.5. The molecule has 2 rings (SSSR count). The van der Waals surface area contributed by atoms with E-state index in [1.807, 2.05) is 0 Å². The Labute approximate surface area is 147 Å². The maximum absolute atomic E-state index is 13.1. The van der Waals surface area contributed by atoms with E-state index in [9.17, 15) is 19.3 Å². The number of nitro groups is 1. The number of ether oxygens (including phenoxy) is 2. The minimum atomic E-state index is -0.967. The number of hydrogen-bond acceptors (Lipinski definition) is 5. The highest BCUT2D eigenvalue weighted by Gasteiger charge is 2.19. The molecule has 0 aromatic heterocycles. The quantitative estimate of drug-likeness (QED) is 0.618. The lowest BCUT2D eigenvalue weighted by Gasteiger charge is -2.16. The zero-order chi connectivity index (χ0) is 18.6. The van der Waals surface area contributed by atoms with Crippen molar-refractivity contribution in [3.8, 4) is 11.5 Å². The van der Waals surface area contributed by atoms with Gasteiger partial charge in [0.1, 0.15) is 17.3 Å². The average molecular weight is 369 g/mol. The summed E-state index contributed by atoms with van der Waals surface area (Å²) in [7, 11) is 1.37. The van der Waals surface area contributed by atoms with E-state index in [1.165, 1.54) is 44.4 Å². The first-order chi connectivity index (χ1) is 11.8. The molecule has 0 fully saturated rings. The average Bonchev–Trinajstić information content (AvgIpc) is 2.57. The molecule has 25 heavy (non-hydrogen) atoms. The number of carbonyl (C=O) groups is 1. The minimum absolute atomic E-state index is 0.134. The first kappa shape index (κ1) is 18.5. The van der Waals surface area contributed by atoms with E-state index in [0.717, 1.165) is 6.07 Å². The fourth-order valence-electron chi connectivity index (χ4n) is 1.95. The highest BCUT2D eigenvalue weighted by molar-refractivity contribution is 6.30. The topological polar surface area (TPSA) is 90.7 Å². The maximum atomic E-state index is 13.1. The van der Waals surface area contributed by atoms with Crippen LogP contribution in [0.5, 0.6) is 11.5 Å². The summed E-state index contributed by atoms with van der Waals surface area (Å²) >= 11 is 5.66. The standard InChI is InChI=1S/C16H14ClFN2O5/c1-9(25-11-4-5-13(18)12(17)8-11)16(21)19-14-7-10(20(22)23)3-6-15(14)24-2/h3-9H,1-2H3,(H,19,21). The van der Waals surface area contributed by atoms with Gasteiger partial charge in [0.05, 0.1) is 22.7 Å². The zero-order valence-corrected chi connectivity index (χ0v) is 14.0. The summed E-state index contributed by atoms with van der Waals surface area (Å²) in [6, 6.07) is 7.51. The third kappa shape index (κ3) is 4.57. The van der Waals surface area contributed by atoms with Crippen LogP contribution in [0.2, 0.25) is 5.02 Å². The number of nitrogens with zero attached hydrogens (tertiary/aromatic N) is 1. The SMILES string of the molecule is COc1ccc([N+](=O)[O-])cc1NC(=O)C(C)Oc1ccc(F)c(Cl)c1. The third-order valence-corrected chi connectivity index (χ3v) is 3.51. The van der Waals surface area contributed by atoms with Gasteiger partial charge < -0.3 is 14.8 Å². The molecule has 132 valence electrons. The fraction of sp³-hybridized carbons (Fsp3) is 0.188. The van der Waals surface area contributed by atoms with Crippen LogP contribution in [0, 0.1) is 15.9 Å². The van der Waals surface area contributed by atoms with E-state index in [2.05, 4.69) is 5.32 Å². The summed E-state index contributed by atoms with van der Waals surface area (Å²) in [5.41, 5.74) is -0.0655. The maximum Gasteiger partial charge on any atom is 0.271 e. The number of rotatable bonds is 6. The molecule has 9 heteroatoms. The number of halogens is 2. The number of carbonyl (C=O) groups excluding carboxylic acids is 1. The molecule has 0 bridgehead atoms. The second-order valence-corrected chi connectivity index (χ2v) is 5.37. The van der Waals surface area contributed by atoms with Crippen molar-refractivity contribution in [2.75, 3.05) is 12.4 Å². The van der Waals surface area contributed by atoms with Crippen molar-refractivity contribution in [3.63, 3.8) is 0 Å². The predicted molar refractivity (Wildman–Crippen MR) is 89.8 cm³/mol. The van der Waals surface area contributed by atoms with E-state index in [1.54, 1.807) is 0 Å². The van der Waals surface area contributed by atoms with Crippen LogP contribution in [0.1, 0.15) is 6.92 Å². The van der Waals surface area contributed by atoms with Gasteiger partial charge in [0, 0.05) is 18.2 Å². The summed E-state index contributed by atoms with van der Waals surface area (Å²) in [5.74, 6) is -0.706. The van der Waals surface area contributed by atoms with Crippen LogP contribution >= 0.6 is 11.6 Å². The highest BCUT2D eigenvalue weighted by Crippen LogP contribution is 2.29. The molecule has 2 aromatic carbocycles. The van der Waals surface area contributed by atoms with Gasteiger partial charge in [0.25, 0.3) is 11.6 Å². The van der Waals surface area contributed by atoms with Crippen LogP contribution in [0.25, 0.3) is 0 Å². The van der Waals surface area contributed by atoms with Crippen molar-refractivity contribution in [2.45, 2.75) is 13.0 Å².